The third kappa shape index (κ3) is 5.83. The fraction of sp³-hybridized carbons (Fsp3) is 0.611. The molecule has 132 valence electrons. The zero-order chi connectivity index (χ0) is 17.2. The molecule has 1 fully saturated rings. The van der Waals surface area contributed by atoms with Gasteiger partial charge in [0.15, 0.2) is 5.96 Å². The second-order valence-corrected chi connectivity index (χ2v) is 6.05. The number of rotatable bonds is 6. The summed E-state index contributed by atoms with van der Waals surface area (Å²) < 4.78 is 0. The molecular weight excluding hydrogens is 302 g/mol. The Morgan fingerprint density at radius 2 is 2.00 bits per heavy atom. The number of amides is 1. The van der Waals surface area contributed by atoms with Crippen LogP contribution in [0.15, 0.2) is 29.4 Å². The second kappa shape index (κ2) is 9.90. The highest BCUT2D eigenvalue weighted by molar-refractivity contribution is 5.80. The Balaban J connectivity index is 1.87. The number of guanidine groups is 1. The van der Waals surface area contributed by atoms with Crippen molar-refractivity contribution in [2.45, 2.75) is 33.1 Å². The Labute approximate surface area is 145 Å². The highest BCUT2D eigenvalue weighted by Gasteiger charge is 2.20. The van der Waals surface area contributed by atoms with Crippen LogP contribution in [0, 0.1) is 0 Å². The lowest BCUT2D eigenvalue weighted by molar-refractivity contribution is -0.130. The van der Waals surface area contributed by atoms with Gasteiger partial charge in [0.05, 0.1) is 0 Å². The van der Waals surface area contributed by atoms with Crippen LogP contribution >= 0.6 is 0 Å². The molecule has 1 N–H and O–H groups in total. The summed E-state index contributed by atoms with van der Waals surface area (Å²) in [7, 11) is 0. The van der Waals surface area contributed by atoms with E-state index in [9.17, 15) is 4.79 Å². The highest BCUT2D eigenvalue weighted by Crippen LogP contribution is 2.03. The normalized spacial score (nSPS) is 15.5. The molecule has 0 spiro atoms. The number of carbonyl (C=O) groups is 1. The van der Waals surface area contributed by atoms with Crippen molar-refractivity contribution < 1.29 is 4.79 Å². The Kier molecular flexibility index (Phi) is 7.52. The van der Waals surface area contributed by atoms with Gasteiger partial charge in [0.2, 0.25) is 5.91 Å². The fourth-order valence-electron chi connectivity index (χ4n) is 2.69. The first-order valence-corrected chi connectivity index (χ1v) is 8.89. The van der Waals surface area contributed by atoms with Crippen molar-refractivity contribution in [1.82, 2.24) is 20.1 Å². The van der Waals surface area contributed by atoms with E-state index >= 15 is 0 Å². The number of nitrogens with zero attached hydrogens (tertiary/aromatic N) is 4. The maximum absolute atomic E-state index is 11.5. The highest BCUT2D eigenvalue weighted by atomic mass is 16.2. The van der Waals surface area contributed by atoms with E-state index in [1.165, 1.54) is 0 Å². The Morgan fingerprint density at radius 3 is 2.62 bits per heavy atom. The lowest BCUT2D eigenvalue weighted by atomic mass is 10.2. The molecule has 1 aromatic rings. The van der Waals surface area contributed by atoms with Crippen LogP contribution in [-0.2, 0) is 11.2 Å². The van der Waals surface area contributed by atoms with Crippen LogP contribution in [0.5, 0.6) is 0 Å². The van der Waals surface area contributed by atoms with Gasteiger partial charge in [0.1, 0.15) is 0 Å². The zero-order valence-electron chi connectivity index (χ0n) is 14.9. The number of aromatic nitrogens is 1. The lowest BCUT2D eigenvalue weighted by Gasteiger charge is -2.36. The van der Waals surface area contributed by atoms with E-state index in [0.29, 0.717) is 0 Å². The minimum atomic E-state index is 0.155. The van der Waals surface area contributed by atoms with Crippen LogP contribution < -0.4 is 5.32 Å². The number of carbonyl (C=O) groups excluding carboxylic acids is 1. The van der Waals surface area contributed by atoms with Gasteiger partial charge in [0, 0.05) is 64.5 Å². The number of piperazine rings is 1. The third-order valence-corrected chi connectivity index (χ3v) is 4.19. The molecule has 1 saturated heterocycles. The Morgan fingerprint density at radius 1 is 1.25 bits per heavy atom. The molecule has 2 heterocycles. The maximum Gasteiger partial charge on any atom is 0.219 e. The largest absolute Gasteiger partial charge is 0.356 e. The minimum Gasteiger partial charge on any atom is -0.356 e. The summed E-state index contributed by atoms with van der Waals surface area (Å²) in [6.45, 7) is 8.67. The van der Waals surface area contributed by atoms with E-state index in [0.717, 1.165) is 70.2 Å². The molecule has 1 aromatic heterocycles. The van der Waals surface area contributed by atoms with E-state index in [2.05, 4.69) is 22.1 Å². The number of pyridine rings is 1. The van der Waals surface area contributed by atoms with Gasteiger partial charge in [0.25, 0.3) is 0 Å². The van der Waals surface area contributed by atoms with Crippen LogP contribution in [0.2, 0.25) is 0 Å². The summed E-state index contributed by atoms with van der Waals surface area (Å²) in [5, 5.41) is 3.47. The number of unbranched alkanes of at least 4 members (excludes halogenated alkanes) is 1. The van der Waals surface area contributed by atoms with Gasteiger partial charge >= 0.3 is 0 Å². The molecule has 24 heavy (non-hydrogen) atoms. The topological polar surface area (TPSA) is 60.8 Å². The van der Waals surface area contributed by atoms with E-state index in [1.807, 2.05) is 29.3 Å². The molecule has 6 heteroatoms. The summed E-state index contributed by atoms with van der Waals surface area (Å²) in [5.74, 6) is 1.12. The summed E-state index contributed by atoms with van der Waals surface area (Å²) in [4.78, 5) is 24.7. The average molecular weight is 331 g/mol. The fourth-order valence-corrected chi connectivity index (χ4v) is 2.69. The van der Waals surface area contributed by atoms with Crippen LogP contribution in [0.4, 0.5) is 0 Å². The molecule has 0 atom stereocenters. The minimum absolute atomic E-state index is 0.155. The van der Waals surface area contributed by atoms with Crippen LogP contribution in [-0.4, -0.2) is 65.9 Å². The van der Waals surface area contributed by atoms with Crippen molar-refractivity contribution in [3.05, 3.63) is 30.1 Å². The lowest BCUT2D eigenvalue weighted by Crippen LogP contribution is -2.53. The molecule has 0 radical (unpaired) electrons. The van der Waals surface area contributed by atoms with E-state index in [1.54, 1.807) is 6.92 Å². The molecule has 0 aromatic carbocycles. The van der Waals surface area contributed by atoms with Crippen molar-refractivity contribution in [2.24, 2.45) is 4.99 Å². The van der Waals surface area contributed by atoms with Crippen molar-refractivity contribution in [2.75, 3.05) is 39.3 Å². The molecule has 2 rings (SSSR count). The van der Waals surface area contributed by atoms with Gasteiger partial charge in [-0.05, 0) is 18.6 Å². The van der Waals surface area contributed by atoms with Crippen LogP contribution in [0.3, 0.4) is 0 Å². The van der Waals surface area contributed by atoms with Crippen molar-refractivity contribution in [3.63, 3.8) is 0 Å². The van der Waals surface area contributed by atoms with Gasteiger partial charge in [-0.15, -0.1) is 0 Å². The number of aliphatic imine (C=N–C) groups is 1. The monoisotopic (exact) mass is 331 g/mol. The van der Waals surface area contributed by atoms with Gasteiger partial charge in [-0.3, -0.25) is 14.8 Å². The summed E-state index contributed by atoms with van der Waals surface area (Å²) in [6.07, 6.45) is 4.94. The standard InChI is InChI=1S/C18H29N5O/c1-3-4-9-20-18(21-11-8-17-7-5-6-10-19-17)23-14-12-22(13-15-23)16(2)24/h5-7,10H,3-4,8-9,11-15H2,1-2H3,(H,20,21). The van der Waals surface area contributed by atoms with Gasteiger partial charge in [-0.1, -0.05) is 19.4 Å². The Bertz CT molecular complexity index is 523. The molecule has 0 aliphatic carbocycles. The second-order valence-electron chi connectivity index (χ2n) is 6.05. The zero-order valence-corrected chi connectivity index (χ0v) is 14.9. The molecule has 0 bridgehead atoms. The smallest absolute Gasteiger partial charge is 0.219 e. The van der Waals surface area contributed by atoms with Crippen molar-refractivity contribution in [1.29, 1.82) is 0 Å². The van der Waals surface area contributed by atoms with E-state index in [-0.39, 0.29) is 5.91 Å². The Hall–Kier alpha value is -2.11. The quantitative estimate of drug-likeness (QED) is 0.488. The van der Waals surface area contributed by atoms with Gasteiger partial charge < -0.3 is 15.1 Å². The maximum atomic E-state index is 11.5. The SMILES string of the molecule is CCCCN=C(NCCc1ccccn1)N1CCN(C(C)=O)CC1. The number of nitrogens with one attached hydrogen (secondary N) is 1. The van der Waals surface area contributed by atoms with E-state index in [4.69, 9.17) is 4.99 Å². The molecule has 1 aliphatic rings. The van der Waals surface area contributed by atoms with Gasteiger partial charge in [-0.2, -0.15) is 0 Å². The third-order valence-electron chi connectivity index (χ3n) is 4.19. The number of hydrogen-bond donors (Lipinski definition) is 1. The molecular formula is C18H29N5O. The molecule has 0 saturated carbocycles. The first-order valence-electron chi connectivity index (χ1n) is 8.89. The van der Waals surface area contributed by atoms with Gasteiger partial charge in [-0.25, -0.2) is 0 Å². The van der Waals surface area contributed by atoms with Crippen LogP contribution in [0.25, 0.3) is 0 Å². The number of hydrogen-bond acceptors (Lipinski definition) is 3. The first kappa shape index (κ1) is 18.2. The van der Waals surface area contributed by atoms with Crippen LogP contribution in [0.1, 0.15) is 32.4 Å². The molecule has 0 unspecified atom stereocenters. The van der Waals surface area contributed by atoms with Crippen molar-refractivity contribution >= 4 is 11.9 Å². The summed E-state index contributed by atoms with van der Waals surface area (Å²) in [6, 6.07) is 5.99. The molecule has 1 aliphatic heterocycles. The molecule has 6 nitrogen and oxygen atoms in total. The van der Waals surface area contributed by atoms with E-state index < -0.39 is 0 Å². The predicted molar refractivity (Wildman–Crippen MR) is 97.0 cm³/mol. The average Bonchev–Trinajstić information content (AvgIpc) is 2.61. The predicted octanol–water partition coefficient (Wildman–Crippen LogP) is 1.53. The molecule has 1 amide bonds. The summed E-state index contributed by atoms with van der Waals surface area (Å²) in [5.41, 5.74) is 1.08. The van der Waals surface area contributed by atoms with Crippen molar-refractivity contribution in [3.8, 4) is 0 Å². The first-order chi connectivity index (χ1) is 11.7. The summed E-state index contributed by atoms with van der Waals surface area (Å²) >= 11 is 0.